The number of hydrogen-bond donors (Lipinski definition) is 0. The molecule has 0 bridgehead atoms. The first-order valence-electron chi connectivity index (χ1n) is 38.4. The standard InChI is InChI=1S/C96H70N2O16S8.8Na/c1-51(2)63-27-19-28-64(52(3)4)91(63)97-93(99)71-47-79(115-75-31-17-15-25-67(75)55-21-11-9-12-22-55)85-86-80(116-76-32-18-16-26-68(76)56-23-13-10-14-24-56)48-72-84-74(96(102)98(94(72)100)92-65(53(5)6)29-20-30-66(92)54(7)8)50-82(118-78-44-42-62(122(112,113)114)46-70(78)58-35-39-60(40-36-58)120(106,107)108)88(90(84)86)87-81(49-73(95(97)101)83(71)89(85)87)117-77-43-41-61(121(109,110)111)45-69(77)57-33-37-59(38-34-57)119(103,104)105;;;;;;;;/h11-14,17-54H,1-8H3,(H,103,104,105)(H,106,107,108)(H,109,110,111)(H,112,113,114);;;;;;;;/q-4;8*+1/p-4. The van der Waals surface area contributed by atoms with E-state index in [2.05, 4.69) is 24.3 Å². The van der Waals surface area contributed by atoms with Crippen molar-refractivity contribution in [2.45, 2.75) is 138 Å². The summed E-state index contributed by atoms with van der Waals surface area (Å²) in [6.07, 6.45) is 0. The Balaban J connectivity index is 0.00000238. The van der Waals surface area contributed by atoms with Gasteiger partial charge in [-0.05, 0) is 153 Å². The third-order valence-electron chi connectivity index (χ3n) is 22.0. The number of nitrogens with zero attached hydrogens (tertiary/aromatic N) is 2. The Morgan fingerprint density at radius 3 is 0.746 bits per heavy atom. The van der Waals surface area contributed by atoms with E-state index >= 15 is 19.2 Å². The normalized spacial score (nSPS) is 12.6. The summed E-state index contributed by atoms with van der Waals surface area (Å²) >= 11 is 4.52. The molecule has 2 aliphatic rings. The van der Waals surface area contributed by atoms with Crippen molar-refractivity contribution in [2.24, 2.45) is 0 Å². The monoisotopic (exact) mass is 1940 g/mol. The van der Waals surface area contributed by atoms with E-state index in [-0.39, 0.29) is 357 Å². The molecule has 15 aromatic carbocycles. The minimum atomic E-state index is -5.30. The molecule has 34 heteroatoms. The number of rotatable bonds is 22. The first-order valence-corrected chi connectivity index (χ1v) is 47.3. The van der Waals surface area contributed by atoms with Gasteiger partial charge in [-0.2, -0.15) is 120 Å². The van der Waals surface area contributed by atoms with Crippen LogP contribution in [0.4, 0.5) is 11.4 Å². The maximum Gasteiger partial charge on any atom is 1.00 e. The van der Waals surface area contributed by atoms with E-state index in [4.69, 9.17) is 0 Å². The summed E-state index contributed by atoms with van der Waals surface area (Å²) in [5, 5.41) is 2.06. The number of carbonyl (C=O) groups excluding carboxylic acids is 4. The van der Waals surface area contributed by atoms with Crippen molar-refractivity contribution in [3.8, 4) is 44.5 Å². The molecule has 0 aliphatic carbocycles. The van der Waals surface area contributed by atoms with Gasteiger partial charge in [0, 0.05) is 72.5 Å². The predicted molar refractivity (Wildman–Crippen MR) is 470 cm³/mol. The molecule has 612 valence electrons. The third-order valence-corrected chi connectivity index (χ3v) is 29.8. The van der Waals surface area contributed by atoms with Gasteiger partial charge in [-0.25, -0.2) is 43.5 Å². The molecule has 0 radical (unpaired) electrons. The van der Waals surface area contributed by atoms with Crippen LogP contribution in [0.5, 0.6) is 0 Å². The van der Waals surface area contributed by atoms with Crippen LogP contribution in [0.3, 0.4) is 0 Å². The van der Waals surface area contributed by atoms with Crippen LogP contribution < -0.4 is 246 Å². The molecule has 2 heterocycles. The Kier molecular flexibility index (Phi) is 37.6. The molecule has 0 saturated heterocycles. The van der Waals surface area contributed by atoms with Crippen molar-refractivity contribution in [1.29, 1.82) is 0 Å². The number of fused-ring (bicyclic) bond motifs is 2. The van der Waals surface area contributed by atoms with Crippen LogP contribution in [0.25, 0.3) is 87.6 Å². The number of amides is 4. The zero-order valence-electron chi connectivity index (χ0n) is 73.9. The Morgan fingerprint density at radius 1 is 0.254 bits per heavy atom. The van der Waals surface area contributed by atoms with E-state index in [0.717, 1.165) is 83.2 Å². The first kappa shape index (κ1) is 111. The van der Waals surface area contributed by atoms with Crippen molar-refractivity contribution in [2.75, 3.05) is 9.80 Å². The number of anilines is 2. The number of imide groups is 2. The van der Waals surface area contributed by atoms with Crippen molar-refractivity contribution >= 4 is 166 Å². The summed E-state index contributed by atoms with van der Waals surface area (Å²) in [5.41, 5.74) is 6.61. The second kappa shape index (κ2) is 44.2. The molecule has 15 aromatic rings. The van der Waals surface area contributed by atoms with Gasteiger partial charge in [0.05, 0.1) is 53.2 Å². The number of carbonyl (C=O) groups is 4. The number of benzene rings is 15. The van der Waals surface area contributed by atoms with Crippen LogP contribution in [-0.4, -0.2) is 75.5 Å². The van der Waals surface area contributed by atoms with Crippen LogP contribution in [0, 0.1) is 24.3 Å². The van der Waals surface area contributed by atoms with Crippen molar-refractivity contribution in [1.82, 2.24) is 0 Å². The van der Waals surface area contributed by atoms with Crippen LogP contribution in [0.15, 0.2) is 289 Å². The summed E-state index contributed by atoms with van der Waals surface area (Å²) in [7, 11) is -20.8. The van der Waals surface area contributed by atoms with Gasteiger partial charge in [0.1, 0.15) is 40.5 Å². The molecule has 0 unspecified atom stereocenters. The summed E-state index contributed by atoms with van der Waals surface area (Å²) in [4.78, 5) is 71.2. The average Bonchev–Trinajstić information content (AvgIpc) is 0.667. The Labute approximate surface area is 949 Å². The molecule has 0 fully saturated rings. The molecular formula is C96H66N2Na8O16S8. The molecular weight excluding hydrogens is 1880 g/mol. The van der Waals surface area contributed by atoms with E-state index in [9.17, 15) is 51.9 Å². The zero-order valence-corrected chi connectivity index (χ0v) is 96.5. The minimum Gasteiger partial charge on any atom is -0.744 e. The molecule has 0 N–H and O–H groups in total. The van der Waals surface area contributed by atoms with Crippen molar-refractivity contribution in [3.05, 3.63) is 299 Å². The maximum atomic E-state index is 17.2. The molecule has 2 aliphatic heterocycles. The summed E-state index contributed by atoms with van der Waals surface area (Å²) in [5.74, 6) is -4.06. The zero-order chi connectivity index (χ0) is 86.2. The SMILES string of the molecule is CC(C)c1cccc(C(C)C)c1N1C(=O)c2cc(Sc3cc[c-]cc3-c3cc[c-]cc3)c3c4c(Sc5cc[c-]cc5-c5cc[c-]cc5)cc5c6c(cc(Sc7ccc(S(=O)(=O)[O-])cc7-c7ccc(S(=O)(=O)[O-])cc7)c(c7c(Sc8ccc(S(=O)(=O)[O-])cc8-c8ccc(S(=O)(=O)[O-])cc8)cc(c2c37)C1=O)c64)C(=O)N(c1c(C(C)C)cccc1C(C)C)C5=O.[Na+].[Na+].[Na+].[Na+].[Na+].[Na+].[Na+].[Na+]. The van der Waals surface area contributed by atoms with Gasteiger partial charge in [0.25, 0.3) is 23.6 Å². The molecule has 0 aromatic heterocycles. The van der Waals surface area contributed by atoms with Gasteiger partial charge in [-0.1, -0.05) is 149 Å². The van der Waals surface area contributed by atoms with Gasteiger partial charge in [-0.15, -0.1) is 34.7 Å². The fourth-order valence-electron chi connectivity index (χ4n) is 16.4. The molecule has 4 amide bonds. The van der Waals surface area contributed by atoms with E-state index in [1.165, 1.54) is 69.7 Å². The smallest absolute Gasteiger partial charge is 0.744 e. The second-order valence-electron chi connectivity index (χ2n) is 30.8. The summed E-state index contributed by atoms with van der Waals surface area (Å²) in [6, 6.07) is 72.8. The van der Waals surface area contributed by atoms with Crippen LogP contribution in [0.2, 0.25) is 0 Å². The fraction of sp³-hybridized carbons (Fsp3) is 0.125. The predicted octanol–water partition coefficient (Wildman–Crippen LogP) is -2.05. The first-order chi connectivity index (χ1) is 58.0. The summed E-state index contributed by atoms with van der Waals surface area (Å²) in [6.45, 7) is 15.7. The van der Waals surface area contributed by atoms with Crippen LogP contribution in [-0.2, 0) is 40.5 Å². The largest absolute Gasteiger partial charge is 1.00 e. The third kappa shape index (κ3) is 21.2. The van der Waals surface area contributed by atoms with E-state index in [1.807, 2.05) is 140 Å². The quantitative estimate of drug-likeness (QED) is 0.0176. The van der Waals surface area contributed by atoms with E-state index in [0.29, 0.717) is 75.1 Å². The van der Waals surface area contributed by atoms with Crippen molar-refractivity contribution < 1.29 is 308 Å². The molecule has 0 saturated carbocycles. The minimum absolute atomic E-state index is 0. The van der Waals surface area contributed by atoms with Gasteiger partial charge in [0.2, 0.25) is 0 Å². The topological polar surface area (TPSA) is 304 Å². The van der Waals surface area contributed by atoms with E-state index < -0.39 is 83.7 Å². The Hall–Kier alpha value is -3.08. The molecule has 17 rings (SSSR count). The molecule has 130 heavy (non-hydrogen) atoms. The number of hydrogen-bond acceptors (Lipinski definition) is 20. The van der Waals surface area contributed by atoms with Gasteiger partial charge in [-0.3, -0.25) is 19.2 Å². The fourth-order valence-corrected chi connectivity index (χ4v) is 22.9. The van der Waals surface area contributed by atoms with Crippen LogP contribution >= 0.6 is 47.0 Å². The Morgan fingerprint density at radius 2 is 0.492 bits per heavy atom. The molecule has 0 atom stereocenters. The van der Waals surface area contributed by atoms with Gasteiger partial charge >= 0.3 is 236 Å². The van der Waals surface area contributed by atoms with Crippen LogP contribution in [0.1, 0.15) is 143 Å². The van der Waals surface area contributed by atoms with Gasteiger partial charge in [0.15, 0.2) is 0 Å². The number of para-hydroxylation sites is 2. The van der Waals surface area contributed by atoms with Gasteiger partial charge < -0.3 is 18.2 Å². The molecule has 0 spiro atoms. The second-order valence-corrected chi connectivity index (χ2v) is 40.6. The van der Waals surface area contributed by atoms with E-state index in [1.54, 1.807) is 60.7 Å². The maximum absolute atomic E-state index is 17.2. The molecule has 18 nitrogen and oxygen atoms in total. The Bertz CT molecular complexity index is 7020. The average molecular weight is 1940 g/mol. The van der Waals surface area contributed by atoms with Crippen molar-refractivity contribution in [3.63, 3.8) is 0 Å². The summed E-state index contributed by atoms with van der Waals surface area (Å²) < 4.78 is 156.